The lowest BCUT2D eigenvalue weighted by atomic mass is 10.1. The van der Waals surface area contributed by atoms with Crippen molar-refractivity contribution in [1.29, 1.82) is 0 Å². The Morgan fingerprint density at radius 1 is 0.935 bits per heavy atom. The first kappa shape index (κ1) is 22.8. The highest BCUT2D eigenvalue weighted by molar-refractivity contribution is 7.89. The predicted molar refractivity (Wildman–Crippen MR) is 124 cm³/mol. The molecule has 0 saturated heterocycles. The Balaban J connectivity index is 1.74. The van der Waals surface area contributed by atoms with Crippen molar-refractivity contribution in [2.75, 3.05) is 18.4 Å². The van der Waals surface area contributed by atoms with E-state index in [-0.39, 0.29) is 10.8 Å². The fourth-order valence-electron chi connectivity index (χ4n) is 3.42. The first-order valence-corrected chi connectivity index (χ1v) is 11.9. The Bertz CT molecular complexity index is 1130. The molecule has 6 nitrogen and oxygen atoms in total. The Morgan fingerprint density at radius 2 is 1.58 bits per heavy atom. The van der Waals surface area contributed by atoms with E-state index in [9.17, 15) is 13.2 Å². The molecule has 1 unspecified atom stereocenters. The van der Waals surface area contributed by atoms with E-state index in [1.165, 1.54) is 16.4 Å². The second kappa shape index (κ2) is 9.94. The van der Waals surface area contributed by atoms with Crippen molar-refractivity contribution in [3.05, 3.63) is 66.7 Å². The number of benzene rings is 3. The van der Waals surface area contributed by atoms with E-state index >= 15 is 0 Å². The van der Waals surface area contributed by atoms with Gasteiger partial charge in [-0.25, -0.2) is 8.42 Å². The maximum Gasteiger partial charge on any atom is 0.265 e. The number of carbonyl (C=O) groups excluding carboxylic acids is 1. The van der Waals surface area contributed by atoms with Crippen LogP contribution in [0, 0.1) is 0 Å². The van der Waals surface area contributed by atoms with Gasteiger partial charge in [0.2, 0.25) is 10.0 Å². The summed E-state index contributed by atoms with van der Waals surface area (Å²) in [6.07, 6.45) is -0.186. The summed E-state index contributed by atoms with van der Waals surface area (Å²) in [6, 6.07) is 19.8. The molecule has 0 heterocycles. The van der Waals surface area contributed by atoms with Gasteiger partial charge in [-0.3, -0.25) is 4.79 Å². The van der Waals surface area contributed by atoms with Crippen LogP contribution in [-0.2, 0) is 14.8 Å². The topological polar surface area (TPSA) is 75.7 Å². The highest BCUT2D eigenvalue weighted by Crippen LogP contribution is 2.27. The van der Waals surface area contributed by atoms with Crippen molar-refractivity contribution in [1.82, 2.24) is 4.31 Å². The molecule has 3 aromatic rings. The van der Waals surface area contributed by atoms with Crippen LogP contribution >= 0.6 is 0 Å². The highest BCUT2D eigenvalue weighted by Gasteiger charge is 2.22. The molecule has 0 aliphatic carbocycles. The molecule has 0 aliphatic heterocycles. The van der Waals surface area contributed by atoms with Gasteiger partial charge >= 0.3 is 0 Å². The zero-order valence-corrected chi connectivity index (χ0v) is 18.9. The number of ether oxygens (including phenoxy) is 1. The van der Waals surface area contributed by atoms with E-state index in [4.69, 9.17) is 4.74 Å². The van der Waals surface area contributed by atoms with Crippen LogP contribution in [0.2, 0.25) is 0 Å². The fraction of sp³-hybridized carbons (Fsp3) is 0.292. The van der Waals surface area contributed by atoms with Crippen LogP contribution < -0.4 is 10.1 Å². The summed E-state index contributed by atoms with van der Waals surface area (Å²) in [5.41, 5.74) is 0.517. The Morgan fingerprint density at radius 3 is 2.23 bits per heavy atom. The highest BCUT2D eigenvalue weighted by atomic mass is 32.2. The summed E-state index contributed by atoms with van der Waals surface area (Å²) in [5, 5.41) is 4.81. The van der Waals surface area contributed by atoms with Crippen molar-refractivity contribution in [2.45, 2.75) is 38.2 Å². The van der Waals surface area contributed by atoms with Gasteiger partial charge < -0.3 is 10.1 Å². The van der Waals surface area contributed by atoms with Crippen molar-refractivity contribution < 1.29 is 17.9 Å². The molecular weight excluding hydrogens is 412 g/mol. The van der Waals surface area contributed by atoms with Crippen LogP contribution in [0.4, 0.5) is 5.69 Å². The maximum absolute atomic E-state index is 12.8. The molecule has 1 N–H and O–H groups in total. The number of carbonyl (C=O) groups is 1. The molecule has 0 spiro atoms. The van der Waals surface area contributed by atoms with E-state index in [1.807, 2.05) is 49.4 Å². The summed E-state index contributed by atoms with van der Waals surface area (Å²) in [7, 11) is -3.53. The van der Waals surface area contributed by atoms with Crippen LogP contribution in [0.25, 0.3) is 10.8 Å². The molecule has 7 heteroatoms. The molecule has 0 fully saturated rings. The van der Waals surface area contributed by atoms with Gasteiger partial charge in [0.25, 0.3) is 5.91 Å². The van der Waals surface area contributed by atoms with Gasteiger partial charge in [-0.05, 0) is 42.1 Å². The van der Waals surface area contributed by atoms with Gasteiger partial charge in [0, 0.05) is 24.2 Å². The minimum absolute atomic E-state index is 0.202. The van der Waals surface area contributed by atoms with Crippen LogP contribution in [0.15, 0.2) is 71.6 Å². The minimum atomic E-state index is -3.53. The first-order valence-electron chi connectivity index (χ1n) is 10.5. The third-order valence-electron chi connectivity index (χ3n) is 5.15. The fourth-order valence-corrected chi connectivity index (χ4v) is 4.88. The van der Waals surface area contributed by atoms with Crippen molar-refractivity contribution >= 4 is 32.4 Å². The number of nitrogens with zero attached hydrogens (tertiary/aromatic N) is 1. The number of amides is 1. The molecule has 0 aromatic heterocycles. The largest absolute Gasteiger partial charge is 0.480 e. The van der Waals surface area contributed by atoms with Gasteiger partial charge in [0.15, 0.2) is 6.10 Å². The number of hydrogen-bond acceptors (Lipinski definition) is 4. The summed E-state index contributed by atoms with van der Waals surface area (Å²) in [5.74, 6) is 0.371. The van der Waals surface area contributed by atoms with Crippen molar-refractivity contribution in [3.63, 3.8) is 0 Å². The molecule has 0 aliphatic rings. The zero-order valence-electron chi connectivity index (χ0n) is 18.0. The Kier molecular flexibility index (Phi) is 7.30. The van der Waals surface area contributed by atoms with E-state index in [1.54, 1.807) is 26.0 Å². The number of anilines is 1. The molecule has 0 saturated carbocycles. The molecule has 0 bridgehead atoms. The van der Waals surface area contributed by atoms with Crippen molar-refractivity contribution in [2.24, 2.45) is 0 Å². The molecule has 1 atom stereocenters. The van der Waals surface area contributed by atoms with E-state index in [0.29, 0.717) is 30.9 Å². The third kappa shape index (κ3) is 5.06. The number of hydrogen-bond donors (Lipinski definition) is 1. The van der Waals surface area contributed by atoms with Gasteiger partial charge in [0.1, 0.15) is 5.75 Å². The van der Waals surface area contributed by atoms with E-state index < -0.39 is 16.1 Å². The molecule has 3 rings (SSSR count). The molecule has 164 valence electrons. The smallest absolute Gasteiger partial charge is 0.265 e. The Labute approximate surface area is 183 Å². The SMILES string of the molecule is CCC(Oc1cccc2ccccc12)C(=O)Nc1ccc(S(=O)(=O)N(CC)CC)cc1. The van der Waals surface area contributed by atoms with Crippen LogP contribution in [-0.4, -0.2) is 37.8 Å². The lowest BCUT2D eigenvalue weighted by Crippen LogP contribution is -2.32. The second-order valence-electron chi connectivity index (χ2n) is 7.09. The lowest BCUT2D eigenvalue weighted by molar-refractivity contribution is -0.122. The van der Waals surface area contributed by atoms with Gasteiger partial charge in [0.05, 0.1) is 4.90 Å². The molecule has 0 radical (unpaired) electrons. The predicted octanol–water partition coefficient (Wildman–Crippen LogP) is 4.67. The molecule has 1 amide bonds. The number of sulfonamides is 1. The lowest BCUT2D eigenvalue weighted by Gasteiger charge is -2.20. The van der Waals surface area contributed by atoms with Crippen LogP contribution in [0.5, 0.6) is 5.75 Å². The van der Waals surface area contributed by atoms with E-state index in [0.717, 1.165) is 10.8 Å². The number of rotatable bonds is 9. The zero-order chi connectivity index (χ0) is 22.4. The maximum atomic E-state index is 12.8. The van der Waals surface area contributed by atoms with Crippen LogP contribution in [0.3, 0.4) is 0 Å². The Hall–Kier alpha value is -2.90. The second-order valence-corrected chi connectivity index (χ2v) is 9.03. The van der Waals surface area contributed by atoms with Gasteiger partial charge in [-0.15, -0.1) is 0 Å². The van der Waals surface area contributed by atoms with E-state index in [2.05, 4.69) is 5.32 Å². The minimum Gasteiger partial charge on any atom is -0.480 e. The summed E-state index contributed by atoms with van der Waals surface area (Å²) in [4.78, 5) is 13.0. The molecular formula is C24H28N2O4S. The quantitative estimate of drug-likeness (QED) is 0.525. The van der Waals surface area contributed by atoms with Crippen molar-refractivity contribution in [3.8, 4) is 5.75 Å². The van der Waals surface area contributed by atoms with Gasteiger partial charge in [-0.2, -0.15) is 4.31 Å². The van der Waals surface area contributed by atoms with Crippen LogP contribution in [0.1, 0.15) is 27.2 Å². The first-order chi connectivity index (χ1) is 14.9. The molecule has 31 heavy (non-hydrogen) atoms. The normalized spacial score (nSPS) is 12.6. The summed E-state index contributed by atoms with van der Waals surface area (Å²) >= 11 is 0. The number of nitrogens with one attached hydrogen (secondary N) is 1. The average Bonchev–Trinajstić information content (AvgIpc) is 2.78. The van der Waals surface area contributed by atoms with Gasteiger partial charge in [-0.1, -0.05) is 57.2 Å². The summed E-state index contributed by atoms with van der Waals surface area (Å²) < 4.78 is 32.7. The average molecular weight is 441 g/mol. The summed E-state index contributed by atoms with van der Waals surface area (Å²) in [6.45, 7) is 6.30. The standard InChI is InChI=1S/C24H28N2O4S/c1-4-22(30-23-13-9-11-18-10-7-8-12-21(18)23)24(27)25-19-14-16-20(17-15-19)31(28,29)26(5-2)6-3/h7-17,22H,4-6H2,1-3H3,(H,25,27). The monoisotopic (exact) mass is 440 g/mol. The molecule has 3 aromatic carbocycles. The number of fused-ring (bicyclic) bond motifs is 1. The third-order valence-corrected chi connectivity index (χ3v) is 7.21.